The minimum atomic E-state index is 0.0347. The van der Waals surface area contributed by atoms with E-state index in [0.717, 1.165) is 50.8 Å². The average Bonchev–Trinajstić information content (AvgIpc) is 3.39. The Bertz CT molecular complexity index is 1170. The van der Waals surface area contributed by atoms with Gasteiger partial charge in [0, 0.05) is 27.8 Å². The molecule has 0 aliphatic heterocycles. The number of aromatic nitrogens is 4. The van der Waals surface area contributed by atoms with Gasteiger partial charge in [0.2, 0.25) is 5.89 Å². The lowest BCUT2D eigenvalue weighted by Crippen LogP contribution is -1.97. The van der Waals surface area contributed by atoms with Gasteiger partial charge in [-0.2, -0.15) is 0 Å². The lowest BCUT2D eigenvalue weighted by Gasteiger charge is -2.01. The summed E-state index contributed by atoms with van der Waals surface area (Å²) in [6.07, 6.45) is 0.759. The molecule has 4 aromatic rings. The molecule has 0 atom stereocenters. The van der Waals surface area contributed by atoms with E-state index < -0.39 is 0 Å². The Morgan fingerprint density at radius 3 is 2.75 bits per heavy atom. The number of nitrogens with zero attached hydrogens (tertiary/aromatic N) is 3. The summed E-state index contributed by atoms with van der Waals surface area (Å²) in [6.45, 7) is 5.57. The number of nitrogens with one attached hydrogen (secondary N) is 1. The molecule has 0 radical (unpaired) electrons. The number of hydrogen-bond acceptors (Lipinski definition) is 7. The van der Waals surface area contributed by atoms with Crippen molar-refractivity contribution in [3.63, 3.8) is 0 Å². The van der Waals surface area contributed by atoms with Crippen molar-refractivity contribution in [2.75, 3.05) is 5.73 Å². The number of thiazole rings is 1. The molecule has 3 N–H and O–H groups in total. The van der Waals surface area contributed by atoms with Gasteiger partial charge in [-0.1, -0.05) is 24.2 Å². The molecule has 1 aromatic carbocycles. The molecule has 0 bridgehead atoms. The van der Waals surface area contributed by atoms with E-state index in [4.69, 9.17) is 15.1 Å². The summed E-state index contributed by atoms with van der Waals surface area (Å²) in [5.74, 6) is 0.439. The standard InChI is InChI=1S/C20H19N5O2S/c1-4-14-16(11(3)26)10(2)22-17(14)15-9-28-19(23-15)13-7-5-6-12(8-13)18-24-25-20(21)27-18/h5-9,22H,4H2,1-3H3,(H2,21,25). The number of aromatic amines is 1. The van der Waals surface area contributed by atoms with Crippen LogP contribution in [0.5, 0.6) is 0 Å². The molecule has 8 heteroatoms. The minimum absolute atomic E-state index is 0.0347. The number of hydrogen-bond donors (Lipinski definition) is 2. The second-order valence-electron chi connectivity index (χ2n) is 6.45. The van der Waals surface area contributed by atoms with Crippen LogP contribution >= 0.6 is 11.3 Å². The van der Waals surface area contributed by atoms with Crippen LogP contribution in [-0.4, -0.2) is 25.9 Å². The second kappa shape index (κ2) is 7.05. The number of nitrogen functional groups attached to an aromatic ring is 1. The number of ketones is 1. The van der Waals surface area contributed by atoms with Crippen LogP contribution < -0.4 is 5.73 Å². The van der Waals surface area contributed by atoms with Crippen LogP contribution in [0.2, 0.25) is 0 Å². The predicted molar refractivity (Wildman–Crippen MR) is 109 cm³/mol. The van der Waals surface area contributed by atoms with Crippen molar-refractivity contribution < 1.29 is 9.21 Å². The molecule has 142 valence electrons. The molecule has 0 unspecified atom stereocenters. The molecule has 7 nitrogen and oxygen atoms in total. The molecule has 0 saturated heterocycles. The Balaban J connectivity index is 1.73. The molecule has 28 heavy (non-hydrogen) atoms. The lowest BCUT2D eigenvalue weighted by molar-refractivity contribution is 0.101. The van der Waals surface area contributed by atoms with Crippen LogP contribution in [0.3, 0.4) is 0 Å². The van der Waals surface area contributed by atoms with Crippen LogP contribution in [0.25, 0.3) is 33.4 Å². The minimum Gasteiger partial charge on any atom is -0.404 e. The van der Waals surface area contributed by atoms with E-state index >= 15 is 0 Å². The molecule has 0 aliphatic rings. The summed E-state index contributed by atoms with van der Waals surface area (Å²) in [7, 11) is 0. The molecule has 0 spiro atoms. The number of Topliss-reactive ketones (excluding diaryl/α,β-unsaturated/α-hetero) is 1. The van der Waals surface area contributed by atoms with Crippen molar-refractivity contribution in [2.45, 2.75) is 27.2 Å². The molecule has 0 saturated carbocycles. The quantitative estimate of drug-likeness (QED) is 0.483. The number of nitrogens with two attached hydrogens (primary N) is 1. The third-order valence-electron chi connectivity index (χ3n) is 4.55. The highest BCUT2D eigenvalue weighted by Crippen LogP contribution is 2.34. The van der Waals surface area contributed by atoms with Gasteiger partial charge in [-0.05, 0) is 38.0 Å². The average molecular weight is 393 g/mol. The lowest BCUT2D eigenvalue weighted by atomic mass is 10.0. The number of rotatable bonds is 5. The molecule has 0 aliphatic carbocycles. The van der Waals surface area contributed by atoms with Gasteiger partial charge >= 0.3 is 6.01 Å². The van der Waals surface area contributed by atoms with Gasteiger partial charge in [-0.3, -0.25) is 4.79 Å². The fraction of sp³-hybridized carbons (Fsp3) is 0.200. The van der Waals surface area contributed by atoms with Crippen LogP contribution in [0.15, 0.2) is 34.1 Å². The van der Waals surface area contributed by atoms with Gasteiger partial charge in [-0.25, -0.2) is 4.98 Å². The molecule has 0 amide bonds. The first kappa shape index (κ1) is 18.1. The van der Waals surface area contributed by atoms with Crippen LogP contribution in [-0.2, 0) is 6.42 Å². The van der Waals surface area contributed by atoms with E-state index in [-0.39, 0.29) is 11.8 Å². The molecule has 3 aromatic heterocycles. The zero-order valence-corrected chi connectivity index (χ0v) is 16.6. The van der Waals surface area contributed by atoms with Crippen molar-refractivity contribution in [3.8, 4) is 33.4 Å². The zero-order chi connectivity index (χ0) is 19.8. The largest absolute Gasteiger partial charge is 0.404 e. The molecule has 3 heterocycles. The van der Waals surface area contributed by atoms with Crippen molar-refractivity contribution >= 4 is 23.1 Å². The number of H-pyrrole nitrogens is 1. The van der Waals surface area contributed by atoms with Gasteiger partial charge in [0.1, 0.15) is 5.01 Å². The fourth-order valence-electron chi connectivity index (χ4n) is 3.38. The van der Waals surface area contributed by atoms with Crippen molar-refractivity contribution in [2.24, 2.45) is 0 Å². The predicted octanol–water partition coefficient (Wildman–Crippen LogP) is 4.51. The highest BCUT2D eigenvalue weighted by Gasteiger charge is 2.20. The SMILES string of the molecule is CCc1c(-c2csc(-c3cccc(-c4nnc(N)o4)c3)n2)[nH]c(C)c1C(C)=O. The maximum absolute atomic E-state index is 12.0. The number of anilines is 1. The number of carbonyl (C=O) groups excluding carboxylic acids is 1. The van der Waals surface area contributed by atoms with E-state index in [0.29, 0.717) is 5.89 Å². The monoisotopic (exact) mass is 393 g/mol. The van der Waals surface area contributed by atoms with Gasteiger partial charge in [0.25, 0.3) is 0 Å². The Morgan fingerprint density at radius 1 is 1.29 bits per heavy atom. The first-order valence-corrected chi connectivity index (χ1v) is 9.74. The van der Waals surface area contributed by atoms with Crippen molar-refractivity contribution in [1.29, 1.82) is 0 Å². The molecule has 4 rings (SSSR count). The highest BCUT2D eigenvalue weighted by atomic mass is 32.1. The Morgan fingerprint density at radius 2 is 2.07 bits per heavy atom. The topological polar surface area (TPSA) is 111 Å². The summed E-state index contributed by atoms with van der Waals surface area (Å²) in [4.78, 5) is 20.2. The van der Waals surface area contributed by atoms with Crippen LogP contribution in [0.1, 0.15) is 35.5 Å². The first-order valence-electron chi connectivity index (χ1n) is 8.86. The van der Waals surface area contributed by atoms with Crippen molar-refractivity contribution in [1.82, 2.24) is 20.2 Å². The van der Waals surface area contributed by atoms with Crippen LogP contribution in [0, 0.1) is 6.92 Å². The zero-order valence-electron chi connectivity index (χ0n) is 15.7. The Labute approximate surface area is 165 Å². The summed E-state index contributed by atoms with van der Waals surface area (Å²) in [5.41, 5.74) is 11.6. The van der Waals surface area contributed by atoms with Crippen molar-refractivity contribution in [3.05, 3.63) is 46.5 Å². The number of benzene rings is 1. The maximum Gasteiger partial charge on any atom is 0.313 e. The highest BCUT2D eigenvalue weighted by molar-refractivity contribution is 7.13. The molecular formula is C20H19N5O2S. The van der Waals surface area contributed by atoms with Crippen LogP contribution in [0.4, 0.5) is 6.01 Å². The summed E-state index contributed by atoms with van der Waals surface area (Å²) >= 11 is 1.54. The van der Waals surface area contributed by atoms with E-state index in [1.54, 1.807) is 18.3 Å². The Hall–Kier alpha value is -3.26. The first-order chi connectivity index (χ1) is 13.5. The van der Waals surface area contributed by atoms with Gasteiger partial charge in [0.15, 0.2) is 5.78 Å². The summed E-state index contributed by atoms with van der Waals surface area (Å²) in [5, 5.41) is 10.5. The van der Waals surface area contributed by atoms with Gasteiger partial charge < -0.3 is 15.1 Å². The Kier molecular flexibility index (Phi) is 4.56. The van der Waals surface area contributed by atoms with E-state index in [9.17, 15) is 4.79 Å². The fourth-order valence-corrected chi connectivity index (χ4v) is 4.19. The number of carbonyl (C=O) groups is 1. The summed E-state index contributed by atoms with van der Waals surface area (Å²) in [6, 6.07) is 7.75. The second-order valence-corrected chi connectivity index (χ2v) is 7.31. The van der Waals surface area contributed by atoms with Gasteiger partial charge in [-0.15, -0.1) is 16.4 Å². The molecule has 0 fully saturated rings. The maximum atomic E-state index is 12.0. The number of aryl methyl sites for hydroxylation is 1. The molecular weight excluding hydrogens is 374 g/mol. The van der Waals surface area contributed by atoms with Gasteiger partial charge in [0.05, 0.1) is 11.4 Å². The third-order valence-corrected chi connectivity index (χ3v) is 5.45. The van der Waals surface area contributed by atoms with E-state index in [2.05, 4.69) is 15.2 Å². The normalized spacial score (nSPS) is 11.1. The van der Waals surface area contributed by atoms with E-state index in [1.807, 2.05) is 43.5 Å². The smallest absolute Gasteiger partial charge is 0.313 e. The third kappa shape index (κ3) is 3.11. The summed E-state index contributed by atoms with van der Waals surface area (Å²) < 4.78 is 5.31. The van der Waals surface area contributed by atoms with E-state index in [1.165, 1.54) is 0 Å².